The highest BCUT2D eigenvalue weighted by Crippen LogP contribution is 2.24. The number of sulfonamides is 1. The number of rotatable bonds is 3. The molecule has 0 spiro atoms. The van der Waals surface area contributed by atoms with Gasteiger partial charge in [-0.05, 0) is 34.8 Å². The van der Waals surface area contributed by atoms with E-state index in [1.54, 1.807) is 7.05 Å². The summed E-state index contributed by atoms with van der Waals surface area (Å²) in [6.45, 7) is 0.708. The van der Waals surface area contributed by atoms with Crippen LogP contribution in [0, 0.1) is 5.92 Å². The lowest BCUT2D eigenvalue weighted by atomic mass is 9.97. The van der Waals surface area contributed by atoms with Crippen LogP contribution in [0.4, 0.5) is 0 Å². The molecule has 0 aromatic carbocycles. The van der Waals surface area contributed by atoms with Gasteiger partial charge in [-0.3, -0.25) is 9.78 Å². The zero-order valence-electron chi connectivity index (χ0n) is 11.0. The van der Waals surface area contributed by atoms with Crippen molar-refractivity contribution in [2.45, 2.75) is 17.7 Å². The topological polar surface area (TPSA) is 79.4 Å². The van der Waals surface area contributed by atoms with Crippen molar-refractivity contribution in [1.29, 1.82) is 0 Å². The minimum Gasteiger partial charge on any atom is -0.359 e. The van der Waals surface area contributed by atoms with Gasteiger partial charge in [-0.15, -0.1) is 0 Å². The molecule has 6 nitrogen and oxygen atoms in total. The van der Waals surface area contributed by atoms with Gasteiger partial charge in [0.05, 0.1) is 0 Å². The van der Waals surface area contributed by atoms with E-state index in [1.165, 1.54) is 22.8 Å². The van der Waals surface area contributed by atoms with E-state index in [9.17, 15) is 13.2 Å². The van der Waals surface area contributed by atoms with Gasteiger partial charge in [-0.1, -0.05) is 0 Å². The van der Waals surface area contributed by atoms with Crippen LogP contribution in [0.3, 0.4) is 0 Å². The lowest BCUT2D eigenvalue weighted by Crippen LogP contribution is -2.42. The summed E-state index contributed by atoms with van der Waals surface area (Å²) >= 11 is 3.22. The second-order valence-corrected chi connectivity index (χ2v) is 7.49. The van der Waals surface area contributed by atoms with Gasteiger partial charge < -0.3 is 5.32 Å². The Bertz CT molecular complexity index is 598. The Kier molecular flexibility index (Phi) is 4.77. The third-order valence-corrected chi connectivity index (χ3v) is 5.69. The lowest BCUT2D eigenvalue weighted by Gasteiger charge is -2.30. The van der Waals surface area contributed by atoms with Gasteiger partial charge in [0.15, 0.2) is 0 Å². The molecule has 2 rings (SSSR count). The number of aromatic nitrogens is 1. The largest absolute Gasteiger partial charge is 0.359 e. The van der Waals surface area contributed by atoms with Crippen LogP contribution in [-0.4, -0.2) is 43.8 Å². The molecule has 110 valence electrons. The highest BCUT2D eigenvalue weighted by molar-refractivity contribution is 9.10. The molecule has 0 aliphatic carbocycles. The number of carbonyl (C=O) groups excluding carboxylic acids is 1. The van der Waals surface area contributed by atoms with E-state index in [0.29, 0.717) is 30.4 Å². The number of carbonyl (C=O) groups is 1. The van der Waals surface area contributed by atoms with Gasteiger partial charge in [0.1, 0.15) is 4.90 Å². The first-order valence-electron chi connectivity index (χ1n) is 6.27. The molecule has 8 heteroatoms. The standard InChI is InChI=1S/C12H16BrN3O3S/c1-14-12(17)9-2-4-16(5-3-9)20(18,19)11-6-10(13)7-15-8-11/h6-9H,2-5H2,1H3,(H,14,17). The molecule has 0 unspecified atom stereocenters. The van der Waals surface area contributed by atoms with E-state index < -0.39 is 10.0 Å². The minimum atomic E-state index is -3.53. The van der Waals surface area contributed by atoms with E-state index in [4.69, 9.17) is 0 Å². The van der Waals surface area contributed by atoms with Crippen LogP contribution >= 0.6 is 15.9 Å². The normalized spacial score (nSPS) is 17.9. The summed E-state index contributed by atoms with van der Waals surface area (Å²) < 4.78 is 26.9. The Morgan fingerprint density at radius 3 is 2.60 bits per heavy atom. The minimum absolute atomic E-state index is 0.0221. The summed E-state index contributed by atoms with van der Waals surface area (Å²) in [5.74, 6) is -0.127. The zero-order chi connectivity index (χ0) is 14.8. The first-order chi connectivity index (χ1) is 9.45. The van der Waals surface area contributed by atoms with Crippen LogP contribution < -0.4 is 5.32 Å². The fourth-order valence-corrected chi connectivity index (χ4v) is 4.22. The number of pyridine rings is 1. The van der Waals surface area contributed by atoms with Crippen molar-refractivity contribution in [3.63, 3.8) is 0 Å². The van der Waals surface area contributed by atoms with Gasteiger partial charge in [0, 0.05) is 42.9 Å². The zero-order valence-corrected chi connectivity index (χ0v) is 13.4. The molecule has 1 aliphatic heterocycles. The molecule has 1 aromatic rings. The molecule has 1 N–H and O–H groups in total. The van der Waals surface area contributed by atoms with Crippen LogP contribution in [0.5, 0.6) is 0 Å². The Balaban J connectivity index is 2.11. The quantitative estimate of drug-likeness (QED) is 0.870. The van der Waals surface area contributed by atoms with E-state index >= 15 is 0 Å². The third kappa shape index (κ3) is 3.18. The van der Waals surface area contributed by atoms with Crippen molar-refractivity contribution in [2.24, 2.45) is 5.92 Å². The smallest absolute Gasteiger partial charge is 0.244 e. The number of halogens is 1. The molecule has 1 fully saturated rings. The maximum atomic E-state index is 12.5. The lowest BCUT2D eigenvalue weighted by molar-refractivity contribution is -0.125. The molecular formula is C12H16BrN3O3S. The summed E-state index contributed by atoms with van der Waals surface area (Å²) in [6.07, 6.45) is 3.96. The van der Waals surface area contributed by atoms with Crippen molar-refractivity contribution in [1.82, 2.24) is 14.6 Å². The van der Waals surface area contributed by atoms with Crippen molar-refractivity contribution < 1.29 is 13.2 Å². The van der Waals surface area contributed by atoms with Gasteiger partial charge in [0.25, 0.3) is 0 Å². The number of piperidine rings is 1. The first-order valence-corrected chi connectivity index (χ1v) is 8.50. The van der Waals surface area contributed by atoms with Crippen LogP contribution in [0.15, 0.2) is 27.8 Å². The summed E-state index contributed by atoms with van der Waals surface area (Å²) in [5.41, 5.74) is 0. The van der Waals surface area contributed by atoms with Crippen LogP contribution in [-0.2, 0) is 14.8 Å². The first kappa shape index (κ1) is 15.4. The summed E-state index contributed by atoms with van der Waals surface area (Å²) in [6, 6.07) is 1.53. The monoisotopic (exact) mass is 361 g/mol. The second kappa shape index (κ2) is 6.19. The Hall–Kier alpha value is -0.990. The highest BCUT2D eigenvalue weighted by Gasteiger charge is 2.31. The number of hydrogen-bond donors (Lipinski definition) is 1. The Labute approximate surface area is 126 Å². The average Bonchev–Trinajstić information content (AvgIpc) is 2.46. The average molecular weight is 362 g/mol. The molecule has 20 heavy (non-hydrogen) atoms. The van der Waals surface area contributed by atoms with Gasteiger partial charge in [-0.25, -0.2) is 8.42 Å². The molecular weight excluding hydrogens is 346 g/mol. The van der Waals surface area contributed by atoms with E-state index in [1.807, 2.05) is 0 Å². The maximum absolute atomic E-state index is 12.5. The molecule has 2 heterocycles. The summed E-state index contributed by atoms with van der Waals surface area (Å²) in [5, 5.41) is 2.60. The molecule has 0 radical (unpaired) electrons. The van der Waals surface area contributed by atoms with E-state index in [0.717, 1.165) is 0 Å². The number of nitrogens with zero attached hydrogens (tertiary/aromatic N) is 2. The molecule has 1 aromatic heterocycles. The fourth-order valence-electron chi connectivity index (χ4n) is 2.24. The summed E-state index contributed by atoms with van der Waals surface area (Å²) in [7, 11) is -1.94. The molecule has 1 aliphatic rings. The maximum Gasteiger partial charge on any atom is 0.244 e. The molecule has 0 atom stereocenters. The van der Waals surface area contributed by atoms with Crippen LogP contribution in [0.2, 0.25) is 0 Å². The molecule has 1 amide bonds. The second-order valence-electron chi connectivity index (χ2n) is 4.63. The van der Waals surface area contributed by atoms with Crippen molar-refractivity contribution in [3.8, 4) is 0 Å². The number of nitrogens with one attached hydrogen (secondary N) is 1. The SMILES string of the molecule is CNC(=O)C1CCN(S(=O)(=O)c2cncc(Br)c2)CC1. The van der Waals surface area contributed by atoms with Crippen molar-refractivity contribution in [3.05, 3.63) is 22.9 Å². The molecule has 0 bridgehead atoms. The Morgan fingerprint density at radius 2 is 2.05 bits per heavy atom. The highest BCUT2D eigenvalue weighted by atomic mass is 79.9. The van der Waals surface area contributed by atoms with Crippen LogP contribution in [0.1, 0.15) is 12.8 Å². The number of amides is 1. The third-order valence-electron chi connectivity index (χ3n) is 3.39. The van der Waals surface area contributed by atoms with Gasteiger partial charge >= 0.3 is 0 Å². The fraction of sp³-hybridized carbons (Fsp3) is 0.500. The van der Waals surface area contributed by atoms with E-state index in [2.05, 4.69) is 26.2 Å². The molecule has 1 saturated heterocycles. The van der Waals surface area contributed by atoms with Gasteiger partial charge in [-0.2, -0.15) is 4.31 Å². The van der Waals surface area contributed by atoms with Gasteiger partial charge in [0.2, 0.25) is 15.9 Å². The predicted octanol–water partition coefficient (Wildman–Crippen LogP) is 0.991. The van der Waals surface area contributed by atoms with E-state index in [-0.39, 0.29) is 16.7 Å². The molecule has 0 saturated carbocycles. The number of hydrogen-bond acceptors (Lipinski definition) is 4. The predicted molar refractivity (Wildman–Crippen MR) is 77.5 cm³/mol. The summed E-state index contributed by atoms with van der Waals surface area (Å²) in [4.78, 5) is 15.6. The Morgan fingerprint density at radius 1 is 1.40 bits per heavy atom. The van der Waals surface area contributed by atoms with Crippen molar-refractivity contribution >= 4 is 31.9 Å². The van der Waals surface area contributed by atoms with Crippen LogP contribution in [0.25, 0.3) is 0 Å². The van der Waals surface area contributed by atoms with Crippen molar-refractivity contribution in [2.75, 3.05) is 20.1 Å².